The zero-order chi connectivity index (χ0) is 16.8. The fourth-order valence-corrected chi connectivity index (χ4v) is 2.13. The van der Waals surface area contributed by atoms with Gasteiger partial charge in [-0.15, -0.1) is 10.2 Å². The lowest BCUT2D eigenvalue weighted by molar-refractivity contribution is 0.0906. The number of amides is 1. The average Bonchev–Trinajstić information content (AvgIpc) is 3.04. The number of aromatic nitrogens is 3. The number of nitrogens with one attached hydrogen (secondary N) is 1. The predicted octanol–water partition coefficient (Wildman–Crippen LogP) is 0.823. The van der Waals surface area contributed by atoms with Crippen LogP contribution in [0.3, 0.4) is 0 Å². The van der Waals surface area contributed by atoms with Gasteiger partial charge < -0.3 is 15.5 Å². The van der Waals surface area contributed by atoms with Gasteiger partial charge in [-0.3, -0.25) is 4.79 Å². The molecule has 7 nitrogen and oxygen atoms in total. The van der Waals surface area contributed by atoms with Crippen molar-refractivity contribution in [3.63, 3.8) is 0 Å². The highest BCUT2D eigenvalue weighted by molar-refractivity contribution is 5.93. The first-order valence-corrected chi connectivity index (χ1v) is 7.71. The summed E-state index contributed by atoms with van der Waals surface area (Å²) in [6.07, 6.45) is 1.53. The number of aliphatic hydroxyl groups is 2. The van der Waals surface area contributed by atoms with E-state index in [1.54, 1.807) is 0 Å². The maximum absolute atomic E-state index is 12.2. The Morgan fingerprint density at radius 2 is 1.91 bits per heavy atom. The molecule has 0 aliphatic heterocycles. The van der Waals surface area contributed by atoms with Crippen molar-refractivity contribution in [3.8, 4) is 5.69 Å². The topological polar surface area (TPSA) is 100 Å². The van der Waals surface area contributed by atoms with Crippen molar-refractivity contribution in [3.05, 3.63) is 41.2 Å². The molecule has 0 saturated carbocycles. The Labute approximate surface area is 135 Å². The third kappa shape index (κ3) is 3.94. The quantitative estimate of drug-likeness (QED) is 0.702. The first-order chi connectivity index (χ1) is 11.1. The summed E-state index contributed by atoms with van der Waals surface area (Å²) in [7, 11) is 0. The maximum Gasteiger partial charge on any atom is 0.274 e. The molecule has 1 heterocycles. The molecule has 1 aromatic carbocycles. The second-order valence-electron chi connectivity index (χ2n) is 5.22. The molecular formula is C16H22N4O3. The van der Waals surface area contributed by atoms with E-state index >= 15 is 0 Å². The number of carbonyl (C=O) groups excluding carboxylic acids is 1. The van der Waals surface area contributed by atoms with Crippen molar-refractivity contribution < 1.29 is 15.0 Å². The van der Waals surface area contributed by atoms with Crippen molar-refractivity contribution >= 4 is 5.91 Å². The smallest absolute Gasteiger partial charge is 0.274 e. The molecule has 0 aliphatic carbocycles. The molecule has 0 saturated heterocycles. The number of aliphatic hydroxyl groups excluding tert-OH is 2. The number of carbonyl (C=O) groups is 1. The molecule has 0 aliphatic rings. The summed E-state index contributed by atoms with van der Waals surface area (Å²) in [5, 5.41) is 29.6. The highest BCUT2D eigenvalue weighted by atomic mass is 16.3. The van der Waals surface area contributed by atoms with E-state index in [4.69, 9.17) is 0 Å². The molecular weight excluding hydrogens is 296 g/mol. The van der Waals surface area contributed by atoms with Crippen LogP contribution in [0.1, 0.15) is 42.0 Å². The first kappa shape index (κ1) is 17.1. The molecule has 1 amide bonds. The Hall–Kier alpha value is -2.25. The largest absolute Gasteiger partial charge is 0.394 e. The Morgan fingerprint density at radius 1 is 1.22 bits per heavy atom. The van der Waals surface area contributed by atoms with Crippen LogP contribution in [0.2, 0.25) is 0 Å². The summed E-state index contributed by atoms with van der Waals surface area (Å²) in [4.78, 5) is 13.6. The van der Waals surface area contributed by atoms with E-state index in [2.05, 4.69) is 22.4 Å². The van der Waals surface area contributed by atoms with Crippen LogP contribution in [0.25, 0.3) is 5.69 Å². The van der Waals surface area contributed by atoms with Crippen LogP contribution < -0.4 is 5.32 Å². The minimum Gasteiger partial charge on any atom is -0.394 e. The third-order valence-electron chi connectivity index (χ3n) is 3.67. The Balaban J connectivity index is 2.27. The molecule has 3 N–H and O–H groups in total. The Kier molecular flexibility index (Phi) is 5.84. The molecule has 1 aromatic heterocycles. The van der Waals surface area contributed by atoms with Crippen LogP contribution in [0, 0.1) is 0 Å². The number of benzene rings is 1. The lowest BCUT2D eigenvalue weighted by atomic mass is 10.2. The second-order valence-corrected chi connectivity index (χ2v) is 5.22. The molecule has 0 radical (unpaired) electrons. The number of hydrogen-bond donors (Lipinski definition) is 3. The lowest BCUT2D eigenvalue weighted by Gasteiger charge is -2.12. The minimum atomic E-state index is -0.452. The van der Waals surface area contributed by atoms with E-state index < -0.39 is 5.91 Å². The van der Waals surface area contributed by atoms with Gasteiger partial charge in [-0.25, -0.2) is 0 Å². The fraction of sp³-hybridized carbons (Fsp3) is 0.438. The lowest BCUT2D eigenvalue weighted by Crippen LogP contribution is -2.37. The molecule has 7 heteroatoms. The van der Waals surface area contributed by atoms with E-state index in [-0.39, 0.29) is 30.6 Å². The summed E-state index contributed by atoms with van der Waals surface area (Å²) >= 11 is 0. The van der Waals surface area contributed by atoms with E-state index in [1.807, 2.05) is 31.2 Å². The number of hydrogen-bond acceptors (Lipinski definition) is 5. The maximum atomic E-state index is 12.2. The summed E-state index contributed by atoms with van der Waals surface area (Å²) in [6, 6.07) is 7.32. The molecule has 2 aromatic rings. The van der Waals surface area contributed by atoms with E-state index in [0.29, 0.717) is 12.1 Å². The van der Waals surface area contributed by atoms with Gasteiger partial charge in [0.05, 0.1) is 24.9 Å². The molecule has 124 valence electrons. The monoisotopic (exact) mass is 318 g/mol. The van der Waals surface area contributed by atoms with Gasteiger partial charge in [-0.2, -0.15) is 4.80 Å². The van der Waals surface area contributed by atoms with Gasteiger partial charge >= 0.3 is 0 Å². The average molecular weight is 318 g/mol. The van der Waals surface area contributed by atoms with E-state index in [1.165, 1.54) is 10.4 Å². The number of nitrogens with zero attached hydrogens (tertiary/aromatic N) is 3. The van der Waals surface area contributed by atoms with Gasteiger partial charge in [0.1, 0.15) is 5.69 Å². The summed E-state index contributed by atoms with van der Waals surface area (Å²) in [5.41, 5.74) is 2.17. The van der Waals surface area contributed by atoms with Crippen LogP contribution in [-0.2, 0) is 13.0 Å². The van der Waals surface area contributed by atoms with Crippen LogP contribution in [0.5, 0.6) is 0 Å². The normalized spacial score (nSPS) is 12.2. The van der Waals surface area contributed by atoms with E-state index in [0.717, 1.165) is 6.42 Å². The van der Waals surface area contributed by atoms with Crippen molar-refractivity contribution in [2.24, 2.45) is 0 Å². The first-order valence-electron chi connectivity index (χ1n) is 7.71. The van der Waals surface area contributed by atoms with Gasteiger partial charge in [0.25, 0.3) is 5.91 Å². The van der Waals surface area contributed by atoms with Crippen molar-refractivity contribution in [2.75, 3.05) is 6.61 Å². The van der Waals surface area contributed by atoms with Gasteiger partial charge in [0.2, 0.25) is 0 Å². The SMILES string of the molecule is CCc1ccc(-n2nc(CO)c(C(=O)N[C@@H](CC)CO)n2)cc1. The Morgan fingerprint density at radius 3 is 2.43 bits per heavy atom. The number of rotatable bonds is 7. The van der Waals surface area contributed by atoms with Crippen molar-refractivity contribution in [1.82, 2.24) is 20.3 Å². The van der Waals surface area contributed by atoms with Crippen molar-refractivity contribution in [1.29, 1.82) is 0 Å². The van der Waals surface area contributed by atoms with Gasteiger partial charge in [-0.05, 0) is 30.5 Å². The number of aryl methyl sites for hydroxylation is 1. The van der Waals surface area contributed by atoms with Gasteiger partial charge in [-0.1, -0.05) is 26.0 Å². The zero-order valence-corrected chi connectivity index (χ0v) is 13.4. The molecule has 0 bridgehead atoms. The zero-order valence-electron chi connectivity index (χ0n) is 13.4. The summed E-state index contributed by atoms with van der Waals surface area (Å²) in [6.45, 7) is 3.40. The standard InChI is InChI=1S/C16H22N4O3/c1-3-11-5-7-13(8-6-11)20-18-14(10-22)15(19-20)16(23)17-12(4-2)9-21/h5-8,12,21-22H,3-4,9-10H2,1-2H3,(H,17,23)/t12-/m0/s1. The second kappa shape index (κ2) is 7.85. The summed E-state index contributed by atoms with van der Waals surface area (Å²) < 4.78 is 0. The summed E-state index contributed by atoms with van der Waals surface area (Å²) in [5.74, 6) is -0.452. The van der Waals surface area contributed by atoms with Crippen molar-refractivity contribution in [2.45, 2.75) is 39.3 Å². The highest BCUT2D eigenvalue weighted by Gasteiger charge is 2.20. The van der Waals surface area contributed by atoms with E-state index in [9.17, 15) is 15.0 Å². The molecule has 23 heavy (non-hydrogen) atoms. The minimum absolute atomic E-state index is 0.0685. The van der Waals surface area contributed by atoms with Crippen LogP contribution >= 0.6 is 0 Å². The van der Waals surface area contributed by atoms with Crippen LogP contribution in [-0.4, -0.2) is 43.8 Å². The van der Waals surface area contributed by atoms with Gasteiger partial charge in [0.15, 0.2) is 5.69 Å². The molecule has 1 atom stereocenters. The van der Waals surface area contributed by atoms with Crippen LogP contribution in [0.15, 0.2) is 24.3 Å². The molecule has 0 fully saturated rings. The third-order valence-corrected chi connectivity index (χ3v) is 3.67. The highest BCUT2D eigenvalue weighted by Crippen LogP contribution is 2.11. The predicted molar refractivity (Wildman–Crippen MR) is 85.3 cm³/mol. The molecule has 0 spiro atoms. The van der Waals surface area contributed by atoms with Gasteiger partial charge in [0, 0.05) is 0 Å². The molecule has 2 rings (SSSR count). The fourth-order valence-electron chi connectivity index (χ4n) is 2.13. The molecule has 0 unspecified atom stereocenters. The Bertz CT molecular complexity index is 648. The van der Waals surface area contributed by atoms with Crippen LogP contribution in [0.4, 0.5) is 0 Å².